The highest BCUT2D eigenvalue weighted by Gasteiger charge is 2.12. The van der Waals surface area contributed by atoms with Gasteiger partial charge in [0.25, 0.3) is 5.91 Å². The molecule has 0 saturated heterocycles. The van der Waals surface area contributed by atoms with Gasteiger partial charge in [-0.15, -0.1) is 0 Å². The molecule has 1 heterocycles. The van der Waals surface area contributed by atoms with Crippen LogP contribution in [-0.2, 0) is 0 Å². The zero-order valence-corrected chi connectivity index (χ0v) is 13.6. The summed E-state index contributed by atoms with van der Waals surface area (Å²) in [6.07, 6.45) is 2.26. The van der Waals surface area contributed by atoms with E-state index in [1.165, 1.54) is 6.26 Å². The quantitative estimate of drug-likeness (QED) is 0.769. The molecule has 0 aliphatic rings. The van der Waals surface area contributed by atoms with Crippen LogP contribution in [0.2, 0.25) is 5.02 Å². The monoisotopic (exact) mass is 335 g/mol. The van der Waals surface area contributed by atoms with E-state index in [0.29, 0.717) is 16.4 Å². The number of amides is 3. The van der Waals surface area contributed by atoms with E-state index < -0.39 is 5.91 Å². The van der Waals surface area contributed by atoms with Crippen molar-refractivity contribution in [1.82, 2.24) is 5.32 Å². The highest BCUT2D eigenvalue weighted by atomic mass is 35.5. The first-order valence-corrected chi connectivity index (χ1v) is 7.59. The number of carbonyl (C=O) groups excluding carboxylic acids is 2. The lowest BCUT2D eigenvalue weighted by Gasteiger charge is -2.13. The molecule has 0 unspecified atom stereocenters. The number of furan rings is 1. The fraction of sp³-hybridized carbons (Fsp3) is 0.250. The molecule has 1 aromatic heterocycles. The topological polar surface area (TPSA) is 83.4 Å². The molecule has 0 bridgehead atoms. The summed E-state index contributed by atoms with van der Waals surface area (Å²) < 4.78 is 5.01. The Kier molecular flexibility index (Phi) is 5.65. The molecule has 0 saturated carbocycles. The smallest absolute Gasteiger partial charge is 0.319 e. The van der Waals surface area contributed by atoms with Crippen LogP contribution in [-0.4, -0.2) is 18.0 Å². The maximum atomic E-state index is 11.9. The largest absolute Gasteiger partial charge is 0.459 e. The van der Waals surface area contributed by atoms with Gasteiger partial charge in [0.2, 0.25) is 0 Å². The van der Waals surface area contributed by atoms with E-state index in [0.717, 1.165) is 6.42 Å². The standard InChI is InChI=1S/C16H18ClN3O3/c1-3-10(2)18-16(22)19-11-6-7-13(12(17)9-11)20-15(21)14-5-4-8-23-14/h4-10H,3H2,1-2H3,(H,20,21)(H2,18,19,22)/t10-/m0/s1. The number of anilines is 2. The first kappa shape index (κ1) is 16.9. The Morgan fingerprint density at radius 1 is 1.26 bits per heavy atom. The third-order valence-electron chi connectivity index (χ3n) is 3.21. The van der Waals surface area contributed by atoms with Gasteiger partial charge in [0, 0.05) is 11.7 Å². The van der Waals surface area contributed by atoms with Gasteiger partial charge in [0.15, 0.2) is 5.76 Å². The van der Waals surface area contributed by atoms with Crippen LogP contribution >= 0.6 is 11.6 Å². The van der Waals surface area contributed by atoms with E-state index >= 15 is 0 Å². The number of benzene rings is 1. The minimum atomic E-state index is -0.396. The zero-order chi connectivity index (χ0) is 16.8. The second kappa shape index (κ2) is 7.69. The van der Waals surface area contributed by atoms with E-state index in [-0.39, 0.29) is 17.8 Å². The minimum absolute atomic E-state index is 0.0809. The summed E-state index contributed by atoms with van der Waals surface area (Å²) in [5.41, 5.74) is 0.966. The Bertz CT molecular complexity index is 686. The van der Waals surface area contributed by atoms with Crippen molar-refractivity contribution in [1.29, 1.82) is 0 Å². The van der Waals surface area contributed by atoms with Gasteiger partial charge >= 0.3 is 6.03 Å². The predicted molar refractivity (Wildman–Crippen MR) is 90.0 cm³/mol. The molecule has 0 radical (unpaired) electrons. The first-order chi connectivity index (χ1) is 11.0. The van der Waals surface area contributed by atoms with E-state index in [4.69, 9.17) is 16.0 Å². The van der Waals surface area contributed by atoms with Crippen LogP contribution in [0.25, 0.3) is 0 Å². The number of nitrogens with one attached hydrogen (secondary N) is 3. The van der Waals surface area contributed by atoms with Gasteiger partial charge in [-0.05, 0) is 43.7 Å². The van der Waals surface area contributed by atoms with Crippen molar-refractivity contribution in [2.24, 2.45) is 0 Å². The molecule has 6 nitrogen and oxygen atoms in total. The average Bonchev–Trinajstić information content (AvgIpc) is 3.04. The van der Waals surface area contributed by atoms with Crippen molar-refractivity contribution in [3.8, 4) is 0 Å². The van der Waals surface area contributed by atoms with Gasteiger partial charge in [-0.2, -0.15) is 0 Å². The molecule has 23 heavy (non-hydrogen) atoms. The van der Waals surface area contributed by atoms with Crippen molar-refractivity contribution in [3.63, 3.8) is 0 Å². The fourth-order valence-corrected chi connectivity index (χ4v) is 2.01. The van der Waals surface area contributed by atoms with Crippen molar-refractivity contribution in [3.05, 3.63) is 47.4 Å². The van der Waals surface area contributed by atoms with E-state index in [1.54, 1.807) is 30.3 Å². The molecule has 122 valence electrons. The second-order valence-electron chi connectivity index (χ2n) is 5.03. The lowest BCUT2D eigenvalue weighted by atomic mass is 10.2. The molecule has 0 spiro atoms. The number of rotatable bonds is 5. The highest BCUT2D eigenvalue weighted by molar-refractivity contribution is 6.34. The number of hydrogen-bond donors (Lipinski definition) is 3. The van der Waals surface area contributed by atoms with Crippen molar-refractivity contribution < 1.29 is 14.0 Å². The second-order valence-corrected chi connectivity index (χ2v) is 5.44. The van der Waals surface area contributed by atoms with Crippen molar-refractivity contribution in [2.45, 2.75) is 26.3 Å². The zero-order valence-electron chi connectivity index (χ0n) is 12.9. The van der Waals surface area contributed by atoms with Gasteiger partial charge in [-0.1, -0.05) is 18.5 Å². The van der Waals surface area contributed by atoms with Crippen LogP contribution in [0.3, 0.4) is 0 Å². The van der Waals surface area contributed by atoms with Gasteiger partial charge in [0.1, 0.15) is 0 Å². The number of urea groups is 1. The Morgan fingerprint density at radius 2 is 2.04 bits per heavy atom. The summed E-state index contributed by atoms with van der Waals surface area (Å²) in [5, 5.41) is 8.43. The van der Waals surface area contributed by atoms with Crippen LogP contribution in [0.1, 0.15) is 30.8 Å². The molecule has 0 fully saturated rings. The van der Waals surface area contributed by atoms with Crippen LogP contribution in [0.15, 0.2) is 41.0 Å². The number of halogens is 1. The molecule has 7 heteroatoms. The van der Waals surface area contributed by atoms with Gasteiger partial charge < -0.3 is 20.4 Å². The normalized spacial score (nSPS) is 11.6. The number of carbonyl (C=O) groups is 2. The third kappa shape index (κ3) is 4.75. The summed E-state index contributed by atoms with van der Waals surface area (Å²) in [4.78, 5) is 23.7. The molecule has 0 aliphatic carbocycles. The number of hydrogen-bond acceptors (Lipinski definition) is 3. The molecular weight excluding hydrogens is 318 g/mol. The molecule has 3 amide bonds. The van der Waals surface area contributed by atoms with Crippen LogP contribution < -0.4 is 16.0 Å². The summed E-state index contributed by atoms with van der Waals surface area (Å²) in [6, 6.07) is 7.79. The molecular formula is C16H18ClN3O3. The molecule has 2 aromatic rings. The van der Waals surface area contributed by atoms with Crippen LogP contribution in [0.4, 0.5) is 16.2 Å². The maximum absolute atomic E-state index is 11.9. The summed E-state index contributed by atoms with van der Waals surface area (Å²) in [7, 11) is 0. The van der Waals surface area contributed by atoms with Crippen LogP contribution in [0, 0.1) is 0 Å². The summed E-state index contributed by atoms with van der Waals surface area (Å²) >= 11 is 6.13. The Hall–Kier alpha value is -2.47. The SMILES string of the molecule is CC[C@H](C)NC(=O)Nc1ccc(NC(=O)c2ccco2)c(Cl)c1. The molecule has 3 N–H and O–H groups in total. The van der Waals surface area contributed by atoms with Crippen LogP contribution in [0.5, 0.6) is 0 Å². The summed E-state index contributed by atoms with van der Waals surface area (Å²) in [5.74, 6) is -0.205. The molecule has 1 aromatic carbocycles. The van der Waals surface area contributed by atoms with E-state index in [1.807, 2.05) is 13.8 Å². The first-order valence-electron chi connectivity index (χ1n) is 7.21. The maximum Gasteiger partial charge on any atom is 0.319 e. The van der Waals surface area contributed by atoms with Crippen molar-refractivity contribution >= 4 is 34.9 Å². The average molecular weight is 336 g/mol. The molecule has 0 aliphatic heterocycles. The van der Waals surface area contributed by atoms with E-state index in [9.17, 15) is 9.59 Å². The van der Waals surface area contributed by atoms with Gasteiger partial charge in [-0.25, -0.2) is 4.79 Å². The predicted octanol–water partition coefficient (Wildman–Crippen LogP) is 4.11. The Balaban J connectivity index is 2.00. The summed E-state index contributed by atoms with van der Waals surface area (Å²) in [6.45, 7) is 3.90. The lowest BCUT2D eigenvalue weighted by molar-refractivity contribution is 0.0996. The third-order valence-corrected chi connectivity index (χ3v) is 3.52. The molecule has 1 atom stereocenters. The lowest BCUT2D eigenvalue weighted by Crippen LogP contribution is -2.35. The minimum Gasteiger partial charge on any atom is -0.459 e. The molecule has 2 rings (SSSR count). The Labute approximate surface area is 139 Å². The van der Waals surface area contributed by atoms with E-state index in [2.05, 4.69) is 16.0 Å². The van der Waals surface area contributed by atoms with Gasteiger partial charge in [0.05, 0.1) is 17.0 Å². The highest BCUT2D eigenvalue weighted by Crippen LogP contribution is 2.26. The van der Waals surface area contributed by atoms with Gasteiger partial charge in [-0.3, -0.25) is 4.79 Å². The fourth-order valence-electron chi connectivity index (χ4n) is 1.78. The van der Waals surface area contributed by atoms with Crippen molar-refractivity contribution in [2.75, 3.05) is 10.6 Å². The Morgan fingerprint density at radius 3 is 2.65 bits per heavy atom.